The molecular weight excluding hydrogens is 234 g/mol. The van der Waals surface area contributed by atoms with Crippen LogP contribution >= 0.6 is 0 Å². The van der Waals surface area contributed by atoms with Crippen LogP contribution in [0.1, 0.15) is 17.4 Å². The van der Waals surface area contributed by atoms with Crippen LogP contribution in [0.25, 0.3) is 0 Å². The second-order valence-electron chi connectivity index (χ2n) is 4.15. The summed E-state index contributed by atoms with van der Waals surface area (Å²) in [7, 11) is 5.48. The normalized spacial score (nSPS) is 10.9. The topological polar surface area (TPSA) is 56.6 Å². The van der Waals surface area contributed by atoms with E-state index in [0.29, 0.717) is 24.6 Å². The van der Waals surface area contributed by atoms with Crippen LogP contribution in [0.4, 0.5) is 0 Å². The summed E-state index contributed by atoms with van der Waals surface area (Å²) in [4.78, 5) is 14.1. The standard InChI is InChI=1S/C12H21N3O3/c1-5-18-9-10(16)12-11(17-4)8-13-15(12)7-6-14(2)3/h8H,5-7,9H2,1-4H3. The molecule has 0 atom stereocenters. The summed E-state index contributed by atoms with van der Waals surface area (Å²) in [6.45, 7) is 3.87. The predicted molar refractivity (Wildman–Crippen MR) is 68.2 cm³/mol. The Morgan fingerprint density at radius 2 is 2.22 bits per heavy atom. The van der Waals surface area contributed by atoms with E-state index < -0.39 is 0 Å². The molecule has 102 valence electrons. The molecule has 1 aromatic rings. The number of likely N-dealkylation sites (N-methyl/N-ethyl adjacent to an activating group) is 1. The Labute approximate surface area is 107 Å². The molecule has 0 aromatic carbocycles. The summed E-state index contributed by atoms with van der Waals surface area (Å²) in [5.74, 6) is 0.392. The lowest BCUT2D eigenvalue weighted by Gasteiger charge is -2.12. The van der Waals surface area contributed by atoms with Crippen molar-refractivity contribution in [1.29, 1.82) is 0 Å². The Morgan fingerprint density at radius 3 is 2.78 bits per heavy atom. The second-order valence-corrected chi connectivity index (χ2v) is 4.15. The molecule has 1 aromatic heterocycles. The minimum atomic E-state index is -0.107. The fraction of sp³-hybridized carbons (Fsp3) is 0.667. The van der Waals surface area contributed by atoms with Gasteiger partial charge < -0.3 is 14.4 Å². The second kappa shape index (κ2) is 7.13. The largest absolute Gasteiger partial charge is 0.493 e. The lowest BCUT2D eigenvalue weighted by molar-refractivity contribution is 0.0768. The first-order valence-electron chi connectivity index (χ1n) is 5.95. The molecule has 18 heavy (non-hydrogen) atoms. The van der Waals surface area contributed by atoms with Gasteiger partial charge in [0.25, 0.3) is 0 Å². The predicted octanol–water partition coefficient (Wildman–Crippen LogP) is 0.673. The van der Waals surface area contributed by atoms with E-state index in [1.807, 2.05) is 25.9 Å². The maximum Gasteiger partial charge on any atom is 0.210 e. The molecule has 0 aliphatic heterocycles. The number of rotatable bonds is 8. The van der Waals surface area contributed by atoms with Crippen molar-refractivity contribution in [2.75, 3.05) is 41.0 Å². The molecule has 0 saturated carbocycles. The van der Waals surface area contributed by atoms with Crippen molar-refractivity contribution in [3.8, 4) is 5.75 Å². The van der Waals surface area contributed by atoms with Crippen LogP contribution in [0.5, 0.6) is 5.75 Å². The fourth-order valence-corrected chi connectivity index (χ4v) is 1.53. The highest BCUT2D eigenvalue weighted by Crippen LogP contribution is 2.18. The number of carbonyl (C=O) groups excluding carboxylic acids is 1. The van der Waals surface area contributed by atoms with E-state index in [-0.39, 0.29) is 12.4 Å². The molecule has 0 N–H and O–H groups in total. The van der Waals surface area contributed by atoms with Crippen molar-refractivity contribution in [2.45, 2.75) is 13.5 Å². The first kappa shape index (κ1) is 14.7. The third-order valence-electron chi connectivity index (χ3n) is 2.49. The van der Waals surface area contributed by atoms with Gasteiger partial charge >= 0.3 is 0 Å². The van der Waals surface area contributed by atoms with Crippen LogP contribution in [0.15, 0.2) is 6.20 Å². The van der Waals surface area contributed by atoms with Gasteiger partial charge in [-0.15, -0.1) is 0 Å². The number of aromatic nitrogens is 2. The van der Waals surface area contributed by atoms with Gasteiger partial charge in [0.2, 0.25) is 5.78 Å². The van der Waals surface area contributed by atoms with Crippen LogP contribution in [0.2, 0.25) is 0 Å². The average Bonchev–Trinajstić information content (AvgIpc) is 2.76. The molecule has 6 nitrogen and oxygen atoms in total. The first-order valence-corrected chi connectivity index (χ1v) is 5.95. The molecule has 6 heteroatoms. The molecule has 0 aliphatic rings. The third kappa shape index (κ3) is 3.82. The molecular formula is C12H21N3O3. The minimum Gasteiger partial charge on any atom is -0.493 e. The first-order chi connectivity index (χ1) is 8.60. The molecule has 0 saturated heterocycles. The summed E-state index contributed by atoms with van der Waals surface area (Å²) in [6, 6.07) is 0. The molecule has 0 fully saturated rings. The van der Waals surface area contributed by atoms with Gasteiger partial charge in [-0.1, -0.05) is 0 Å². The van der Waals surface area contributed by atoms with Crippen LogP contribution in [0, 0.1) is 0 Å². The molecule has 0 bridgehead atoms. The van der Waals surface area contributed by atoms with Gasteiger partial charge in [-0.2, -0.15) is 5.10 Å². The van der Waals surface area contributed by atoms with Crippen molar-refractivity contribution < 1.29 is 14.3 Å². The summed E-state index contributed by atoms with van der Waals surface area (Å²) in [5, 5.41) is 4.18. The highest BCUT2D eigenvalue weighted by Gasteiger charge is 2.19. The van der Waals surface area contributed by atoms with Crippen molar-refractivity contribution >= 4 is 5.78 Å². The smallest absolute Gasteiger partial charge is 0.210 e. The monoisotopic (exact) mass is 255 g/mol. The van der Waals surface area contributed by atoms with Crippen LogP contribution < -0.4 is 4.74 Å². The van der Waals surface area contributed by atoms with Crippen LogP contribution in [-0.2, 0) is 11.3 Å². The Hall–Kier alpha value is -1.40. The Balaban J connectivity index is 2.84. The van der Waals surface area contributed by atoms with E-state index in [9.17, 15) is 4.79 Å². The van der Waals surface area contributed by atoms with E-state index in [0.717, 1.165) is 6.54 Å². The maximum absolute atomic E-state index is 12.0. The Kier molecular flexibility index (Phi) is 5.80. The van der Waals surface area contributed by atoms with E-state index in [1.165, 1.54) is 7.11 Å². The van der Waals surface area contributed by atoms with Crippen molar-refractivity contribution in [2.24, 2.45) is 0 Å². The third-order valence-corrected chi connectivity index (χ3v) is 2.49. The van der Waals surface area contributed by atoms with Crippen molar-refractivity contribution in [3.05, 3.63) is 11.9 Å². The summed E-state index contributed by atoms with van der Waals surface area (Å²) in [5.41, 5.74) is 0.479. The SMILES string of the molecule is CCOCC(=O)c1c(OC)cnn1CCN(C)C. The van der Waals surface area contributed by atoms with E-state index in [4.69, 9.17) is 9.47 Å². The number of Topliss-reactive ketones (excluding diaryl/α,β-unsaturated/α-hetero) is 1. The zero-order chi connectivity index (χ0) is 13.5. The number of carbonyl (C=O) groups is 1. The molecule has 0 aliphatic carbocycles. The highest BCUT2D eigenvalue weighted by molar-refractivity contribution is 5.98. The zero-order valence-corrected chi connectivity index (χ0v) is 11.5. The van der Waals surface area contributed by atoms with Crippen molar-refractivity contribution in [1.82, 2.24) is 14.7 Å². The molecule has 0 unspecified atom stereocenters. The van der Waals surface area contributed by atoms with Crippen LogP contribution in [-0.4, -0.2) is 61.4 Å². The number of ether oxygens (including phenoxy) is 2. The number of hydrogen-bond donors (Lipinski definition) is 0. The molecule has 1 rings (SSSR count). The number of nitrogens with zero attached hydrogens (tertiary/aromatic N) is 3. The number of methoxy groups -OCH3 is 1. The van der Waals surface area contributed by atoms with Gasteiger partial charge in [0.15, 0.2) is 5.75 Å². The van der Waals surface area contributed by atoms with Crippen molar-refractivity contribution in [3.63, 3.8) is 0 Å². The molecule has 1 heterocycles. The highest BCUT2D eigenvalue weighted by atomic mass is 16.5. The van der Waals surface area contributed by atoms with E-state index in [1.54, 1.807) is 10.9 Å². The summed E-state index contributed by atoms with van der Waals surface area (Å²) >= 11 is 0. The lowest BCUT2D eigenvalue weighted by Crippen LogP contribution is -2.23. The zero-order valence-electron chi connectivity index (χ0n) is 11.5. The Morgan fingerprint density at radius 1 is 1.50 bits per heavy atom. The van der Waals surface area contributed by atoms with Gasteiger partial charge in [0.1, 0.15) is 12.3 Å². The quantitative estimate of drug-likeness (QED) is 0.639. The minimum absolute atomic E-state index is 0.0561. The maximum atomic E-state index is 12.0. The van der Waals surface area contributed by atoms with Gasteiger partial charge in [-0.25, -0.2) is 0 Å². The van der Waals surface area contributed by atoms with Gasteiger partial charge in [-0.3, -0.25) is 9.48 Å². The van der Waals surface area contributed by atoms with Gasteiger partial charge in [0, 0.05) is 13.2 Å². The lowest BCUT2D eigenvalue weighted by atomic mass is 10.2. The van der Waals surface area contributed by atoms with Gasteiger partial charge in [-0.05, 0) is 21.0 Å². The molecule has 0 radical (unpaired) electrons. The number of hydrogen-bond acceptors (Lipinski definition) is 5. The number of ketones is 1. The molecule has 0 spiro atoms. The summed E-state index contributed by atoms with van der Waals surface area (Å²) in [6.07, 6.45) is 1.56. The van der Waals surface area contributed by atoms with E-state index >= 15 is 0 Å². The summed E-state index contributed by atoms with van der Waals surface area (Å²) < 4.78 is 12.0. The van der Waals surface area contributed by atoms with Crippen LogP contribution in [0.3, 0.4) is 0 Å². The Bertz CT molecular complexity index is 388. The molecule has 0 amide bonds. The van der Waals surface area contributed by atoms with E-state index in [2.05, 4.69) is 5.10 Å². The van der Waals surface area contributed by atoms with Gasteiger partial charge in [0.05, 0.1) is 19.9 Å². The fourth-order valence-electron chi connectivity index (χ4n) is 1.53. The average molecular weight is 255 g/mol.